The molecule has 2 aromatic rings. The molecule has 0 aromatic heterocycles. The van der Waals surface area contributed by atoms with Crippen molar-refractivity contribution in [3.05, 3.63) is 59.2 Å². The molecule has 0 amide bonds. The first kappa shape index (κ1) is 16.9. The van der Waals surface area contributed by atoms with Gasteiger partial charge in [0.1, 0.15) is 5.92 Å². The maximum absolute atomic E-state index is 13.4. The predicted molar refractivity (Wildman–Crippen MR) is 104 cm³/mol. The van der Waals surface area contributed by atoms with Gasteiger partial charge in [-0.25, -0.2) is 0 Å². The molecule has 2 bridgehead atoms. The summed E-state index contributed by atoms with van der Waals surface area (Å²) in [5.41, 5.74) is 4.81. The molecule has 138 valence electrons. The average molecular weight is 360 g/mol. The van der Waals surface area contributed by atoms with Gasteiger partial charge in [0, 0.05) is 0 Å². The van der Waals surface area contributed by atoms with Crippen molar-refractivity contribution in [1.29, 1.82) is 0 Å². The van der Waals surface area contributed by atoms with Gasteiger partial charge in [0.25, 0.3) is 0 Å². The Morgan fingerprint density at radius 3 is 2.26 bits per heavy atom. The van der Waals surface area contributed by atoms with Crippen LogP contribution in [0.2, 0.25) is 0 Å². The number of aryl methyl sites for hydroxylation is 2. The Hall–Kier alpha value is -2.26. The Bertz CT molecular complexity index is 938. The van der Waals surface area contributed by atoms with Crippen molar-refractivity contribution in [1.82, 2.24) is 0 Å². The van der Waals surface area contributed by atoms with Gasteiger partial charge in [-0.1, -0.05) is 42.5 Å². The molecule has 2 saturated heterocycles. The minimum atomic E-state index is -0.617. The second-order valence-electron chi connectivity index (χ2n) is 8.64. The molecule has 0 spiro atoms. The Kier molecular flexibility index (Phi) is 3.51. The van der Waals surface area contributed by atoms with E-state index in [1.165, 1.54) is 0 Å². The number of hydrogen-bond acceptors (Lipinski definition) is 3. The quantitative estimate of drug-likeness (QED) is 0.746. The van der Waals surface area contributed by atoms with Crippen molar-refractivity contribution >= 4 is 11.6 Å². The van der Waals surface area contributed by atoms with Gasteiger partial charge in [0.15, 0.2) is 11.6 Å². The summed E-state index contributed by atoms with van der Waals surface area (Å²) >= 11 is 0. The van der Waals surface area contributed by atoms with Crippen LogP contribution in [0.25, 0.3) is 11.1 Å². The van der Waals surface area contributed by atoms with Gasteiger partial charge in [-0.2, -0.15) is 0 Å². The van der Waals surface area contributed by atoms with E-state index in [1.807, 2.05) is 39.0 Å². The Balaban J connectivity index is 1.58. The van der Waals surface area contributed by atoms with Crippen LogP contribution in [0.1, 0.15) is 42.4 Å². The highest BCUT2D eigenvalue weighted by molar-refractivity contribution is 6.17. The van der Waals surface area contributed by atoms with E-state index in [-0.39, 0.29) is 29.5 Å². The van der Waals surface area contributed by atoms with Crippen LogP contribution in [0.5, 0.6) is 0 Å². The van der Waals surface area contributed by atoms with Crippen LogP contribution >= 0.6 is 0 Å². The number of rotatable bonds is 2. The summed E-state index contributed by atoms with van der Waals surface area (Å²) in [6, 6.07) is 14.4. The molecular weight excluding hydrogens is 336 g/mol. The van der Waals surface area contributed by atoms with Gasteiger partial charge in [0.2, 0.25) is 0 Å². The number of carbonyl (C=O) groups is 2. The fourth-order valence-electron chi connectivity index (χ4n) is 5.82. The Morgan fingerprint density at radius 2 is 1.63 bits per heavy atom. The molecule has 2 heterocycles. The standard InChI is InChI=1S/C24H24O3/c1-13-11-16(15-7-5-4-6-8-15)12-14(2)18(13)20-22(25)19-17-9-10-24(3,27-17)21(19)23(20)26/h4-8,11-12,17,19-21H,9-10H2,1-3H3/t17?,19-,20?,21+,24?/m0/s1. The summed E-state index contributed by atoms with van der Waals surface area (Å²) in [6.45, 7) is 6.07. The van der Waals surface area contributed by atoms with Crippen LogP contribution in [-0.2, 0) is 14.3 Å². The number of hydrogen-bond donors (Lipinski definition) is 0. The second kappa shape index (κ2) is 5.62. The van der Waals surface area contributed by atoms with Crippen LogP contribution in [0.15, 0.2) is 42.5 Å². The van der Waals surface area contributed by atoms with Gasteiger partial charge in [-0.05, 0) is 61.4 Å². The number of benzene rings is 2. The molecule has 5 rings (SSSR count). The third-order valence-corrected chi connectivity index (χ3v) is 6.96. The lowest BCUT2D eigenvalue weighted by Crippen LogP contribution is -2.37. The minimum absolute atomic E-state index is 0.0642. The van der Waals surface area contributed by atoms with Gasteiger partial charge < -0.3 is 4.74 Å². The molecule has 3 fully saturated rings. The molecule has 3 aliphatic rings. The minimum Gasteiger partial charge on any atom is -0.370 e. The summed E-state index contributed by atoms with van der Waals surface area (Å²) in [4.78, 5) is 26.6. The normalized spacial score (nSPS) is 34.3. The van der Waals surface area contributed by atoms with E-state index in [4.69, 9.17) is 4.74 Å². The number of fused-ring (bicyclic) bond motifs is 5. The van der Waals surface area contributed by atoms with E-state index in [9.17, 15) is 9.59 Å². The zero-order valence-electron chi connectivity index (χ0n) is 16.0. The molecule has 0 N–H and O–H groups in total. The molecule has 1 aliphatic carbocycles. The first-order chi connectivity index (χ1) is 12.9. The zero-order valence-corrected chi connectivity index (χ0v) is 16.0. The molecule has 2 aliphatic heterocycles. The highest BCUT2D eigenvalue weighted by Gasteiger charge is 2.67. The topological polar surface area (TPSA) is 43.4 Å². The molecule has 3 unspecified atom stereocenters. The lowest BCUT2D eigenvalue weighted by atomic mass is 9.74. The third-order valence-electron chi connectivity index (χ3n) is 6.96. The van der Waals surface area contributed by atoms with Crippen LogP contribution in [-0.4, -0.2) is 23.3 Å². The monoisotopic (exact) mass is 360 g/mol. The molecule has 2 aromatic carbocycles. The molecular formula is C24H24O3. The van der Waals surface area contributed by atoms with E-state index in [0.717, 1.165) is 40.7 Å². The summed E-state index contributed by atoms with van der Waals surface area (Å²) in [7, 11) is 0. The molecule has 3 nitrogen and oxygen atoms in total. The summed E-state index contributed by atoms with van der Waals surface area (Å²) in [5, 5.41) is 0. The van der Waals surface area contributed by atoms with Gasteiger partial charge >= 0.3 is 0 Å². The highest BCUT2D eigenvalue weighted by Crippen LogP contribution is 2.58. The Morgan fingerprint density at radius 1 is 0.963 bits per heavy atom. The maximum Gasteiger partial charge on any atom is 0.154 e. The van der Waals surface area contributed by atoms with Crippen LogP contribution < -0.4 is 0 Å². The van der Waals surface area contributed by atoms with Crippen molar-refractivity contribution < 1.29 is 14.3 Å². The lowest BCUT2D eigenvalue weighted by Gasteiger charge is -2.27. The van der Waals surface area contributed by atoms with E-state index in [0.29, 0.717) is 0 Å². The zero-order chi connectivity index (χ0) is 18.9. The van der Waals surface area contributed by atoms with Crippen molar-refractivity contribution in [3.8, 4) is 11.1 Å². The number of ether oxygens (including phenoxy) is 1. The van der Waals surface area contributed by atoms with Gasteiger partial charge in [-0.15, -0.1) is 0 Å². The molecule has 1 saturated carbocycles. The fourth-order valence-corrected chi connectivity index (χ4v) is 5.82. The maximum atomic E-state index is 13.4. The van der Waals surface area contributed by atoms with Gasteiger partial charge in [0.05, 0.1) is 23.5 Å². The molecule has 5 atom stereocenters. The molecule has 0 radical (unpaired) electrons. The first-order valence-electron chi connectivity index (χ1n) is 9.82. The van der Waals surface area contributed by atoms with E-state index in [2.05, 4.69) is 24.3 Å². The van der Waals surface area contributed by atoms with Crippen molar-refractivity contribution in [2.45, 2.75) is 51.2 Å². The van der Waals surface area contributed by atoms with E-state index in [1.54, 1.807) is 0 Å². The number of carbonyl (C=O) groups excluding carboxylic acids is 2. The predicted octanol–water partition coefficient (Wildman–Crippen LogP) is 4.39. The van der Waals surface area contributed by atoms with Crippen molar-refractivity contribution in [2.24, 2.45) is 11.8 Å². The van der Waals surface area contributed by atoms with Crippen LogP contribution in [0, 0.1) is 25.7 Å². The second-order valence-corrected chi connectivity index (χ2v) is 8.64. The van der Waals surface area contributed by atoms with Crippen molar-refractivity contribution in [2.75, 3.05) is 0 Å². The lowest BCUT2D eigenvalue weighted by molar-refractivity contribution is -0.129. The van der Waals surface area contributed by atoms with E-state index >= 15 is 0 Å². The largest absolute Gasteiger partial charge is 0.370 e. The molecule has 3 heteroatoms. The highest BCUT2D eigenvalue weighted by atomic mass is 16.5. The summed E-state index contributed by atoms with van der Waals surface area (Å²) < 4.78 is 6.05. The number of ketones is 2. The molecule has 27 heavy (non-hydrogen) atoms. The fraction of sp³-hybridized carbons (Fsp3) is 0.417. The summed E-state index contributed by atoms with van der Waals surface area (Å²) in [6.07, 6.45) is 1.72. The van der Waals surface area contributed by atoms with E-state index < -0.39 is 11.5 Å². The van der Waals surface area contributed by atoms with Gasteiger partial charge in [-0.3, -0.25) is 9.59 Å². The summed E-state index contributed by atoms with van der Waals surface area (Å²) in [5.74, 6) is -0.964. The van der Waals surface area contributed by atoms with Crippen LogP contribution in [0.4, 0.5) is 0 Å². The number of Topliss-reactive ketones (excluding diaryl/α,β-unsaturated/α-hetero) is 2. The van der Waals surface area contributed by atoms with Crippen molar-refractivity contribution in [3.63, 3.8) is 0 Å². The first-order valence-corrected chi connectivity index (χ1v) is 9.82. The van der Waals surface area contributed by atoms with Crippen LogP contribution in [0.3, 0.4) is 0 Å². The smallest absolute Gasteiger partial charge is 0.154 e. The average Bonchev–Trinajstić information content (AvgIpc) is 3.25. The third kappa shape index (κ3) is 2.24. The Labute approximate surface area is 159 Å². The SMILES string of the molecule is Cc1cc(-c2ccccc2)cc(C)c1C1C(=O)[C@H]2C3CCC(C)(O3)[C@H]2C1=O.